The zero-order valence-corrected chi connectivity index (χ0v) is 8.50. The molecule has 66 valence electrons. The quantitative estimate of drug-likeness (QED) is 0.787. The maximum absolute atomic E-state index is 11.3. The van der Waals surface area contributed by atoms with Crippen LogP contribution in [0.15, 0.2) is 11.4 Å². The summed E-state index contributed by atoms with van der Waals surface area (Å²) in [6.45, 7) is 3.84. The number of hydrogen-bond donors (Lipinski definition) is 1. The van der Waals surface area contributed by atoms with Crippen LogP contribution >= 0.6 is 22.9 Å². The number of carbonyl (C=O) groups excluding carboxylic acids is 1. The highest BCUT2D eigenvalue weighted by molar-refractivity contribution is 7.14. The zero-order chi connectivity index (χ0) is 9.14. The summed E-state index contributed by atoms with van der Waals surface area (Å²) in [5.74, 6) is -0.0619. The summed E-state index contributed by atoms with van der Waals surface area (Å²) in [4.78, 5) is 11.3. The molecule has 0 aliphatic heterocycles. The van der Waals surface area contributed by atoms with Crippen LogP contribution in [-0.2, 0) is 0 Å². The van der Waals surface area contributed by atoms with Gasteiger partial charge >= 0.3 is 0 Å². The molecule has 1 rings (SSSR count). The molecule has 0 aromatic carbocycles. The van der Waals surface area contributed by atoms with Gasteiger partial charge in [-0.25, -0.2) is 0 Å². The number of nitrogens with one attached hydrogen (secondary N) is 1. The fraction of sp³-hybridized carbons (Fsp3) is 0.375. The van der Waals surface area contributed by atoms with E-state index in [9.17, 15) is 4.79 Å². The van der Waals surface area contributed by atoms with E-state index in [1.54, 1.807) is 11.4 Å². The minimum Gasteiger partial charge on any atom is -0.350 e. The maximum atomic E-state index is 11.3. The molecule has 0 atom stereocenters. The van der Waals surface area contributed by atoms with Gasteiger partial charge in [0.2, 0.25) is 0 Å². The van der Waals surface area contributed by atoms with Crippen LogP contribution in [0.5, 0.6) is 0 Å². The van der Waals surface area contributed by atoms with Gasteiger partial charge in [-0.15, -0.1) is 11.3 Å². The van der Waals surface area contributed by atoms with E-state index in [1.807, 2.05) is 13.8 Å². The lowest BCUT2D eigenvalue weighted by Crippen LogP contribution is -2.29. The molecule has 4 heteroatoms. The second kappa shape index (κ2) is 3.92. The summed E-state index contributed by atoms with van der Waals surface area (Å²) in [7, 11) is 0. The summed E-state index contributed by atoms with van der Waals surface area (Å²) in [5.41, 5.74) is 0.638. The van der Waals surface area contributed by atoms with Crippen LogP contribution in [0.4, 0.5) is 0 Å². The second-order valence-corrected chi connectivity index (χ2v) is 4.31. The van der Waals surface area contributed by atoms with Crippen molar-refractivity contribution in [1.29, 1.82) is 0 Å². The summed E-state index contributed by atoms with van der Waals surface area (Å²) < 4.78 is 0.643. The predicted molar refractivity (Wildman–Crippen MR) is 51.9 cm³/mol. The molecule has 2 nitrogen and oxygen atoms in total. The molecule has 0 aliphatic rings. The lowest BCUT2D eigenvalue weighted by Gasteiger charge is -2.05. The number of amides is 1. The van der Waals surface area contributed by atoms with Gasteiger partial charge in [0.05, 0.1) is 9.90 Å². The summed E-state index contributed by atoms with van der Waals surface area (Å²) in [6, 6.07) is 1.83. The van der Waals surface area contributed by atoms with Crippen LogP contribution in [0.25, 0.3) is 0 Å². The van der Waals surface area contributed by atoms with Crippen molar-refractivity contribution < 1.29 is 4.79 Å². The highest BCUT2D eigenvalue weighted by Gasteiger charge is 2.07. The summed E-state index contributed by atoms with van der Waals surface area (Å²) in [6.07, 6.45) is 0. The second-order valence-electron chi connectivity index (χ2n) is 2.77. The Morgan fingerprint density at radius 1 is 1.67 bits per heavy atom. The highest BCUT2D eigenvalue weighted by Crippen LogP contribution is 2.19. The monoisotopic (exact) mass is 203 g/mol. The molecule has 0 radical (unpaired) electrons. The molecule has 0 unspecified atom stereocenters. The number of carbonyl (C=O) groups is 1. The first-order chi connectivity index (χ1) is 5.59. The van der Waals surface area contributed by atoms with Crippen molar-refractivity contribution in [3.8, 4) is 0 Å². The number of hydrogen-bond acceptors (Lipinski definition) is 2. The molecule has 0 saturated carbocycles. The van der Waals surface area contributed by atoms with E-state index in [4.69, 9.17) is 11.6 Å². The normalized spacial score (nSPS) is 10.3. The molecular weight excluding hydrogens is 194 g/mol. The summed E-state index contributed by atoms with van der Waals surface area (Å²) in [5, 5.41) is 4.53. The smallest absolute Gasteiger partial charge is 0.252 e. The van der Waals surface area contributed by atoms with Gasteiger partial charge in [-0.2, -0.15) is 0 Å². The van der Waals surface area contributed by atoms with Crippen molar-refractivity contribution in [3.05, 3.63) is 21.3 Å². The van der Waals surface area contributed by atoms with Gasteiger partial charge in [0, 0.05) is 11.4 Å². The highest BCUT2D eigenvalue weighted by atomic mass is 35.5. The molecule has 12 heavy (non-hydrogen) atoms. The molecule has 1 aromatic heterocycles. The Kier molecular flexibility index (Phi) is 3.12. The van der Waals surface area contributed by atoms with E-state index in [1.165, 1.54) is 11.3 Å². The van der Waals surface area contributed by atoms with Crippen LogP contribution in [0.1, 0.15) is 24.2 Å². The lowest BCUT2D eigenvalue weighted by atomic mass is 10.3. The maximum Gasteiger partial charge on any atom is 0.252 e. The van der Waals surface area contributed by atoms with Crippen LogP contribution in [0.3, 0.4) is 0 Å². The van der Waals surface area contributed by atoms with Gasteiger partial charge in [-0.3, -0.25) is 4.79 Å². The summed E-state index contributed by atoms with van der Waals surface area (Å²) >= 11 is 7.04. The van der Waals surface area contributed by atoms with Crippen molar-refractivity contribution in [2.75, 3.05) is 0 Å². The third kappa shape index (κ3) is 2.50. The largest absolute Gasteiger partial charge is 0.350 e. The van der Waals surface area contributed by atoms with E-state index >= 15 is 0 Å². The Labute approximate surface area is 80.5 Å². The molecule has 1 aromatic rings. The van der Waals surface area contributed by atoms with Crippen molar-refractivity contribution in [1.82, 2.24) is 5.32 Å². The molecule has 1 heterocycles. The van der Waals surface area contributed by atoms with Gasteiger partial charge in [0.15, 0.2) is 0 Å². The molecule has 1 N–H and O–H groups in total. The molecule has 1 amide bonds. The van der Waals surface area contributed by atoms with E-state index in [0.29, 0.717) is 9.90 Å². The van der Waals surface area contributed by atoms with Crippen molar-refractivity contribution in [2.24, 2.45) is 0 Å². The number of halogens is 1. The molecule has 0 bridgehead atoms. The minimum absolute atomic E-state index is 0.0619. The van der Waals surface area contributed by atoms with Crippen molar-refractivity contribution >= 4 is 28.8 Å². The first-order valence-corrected chi connectivity index (χ1v) is 4.90. The number of rotatable bonds is 2. The van der Waals surface area contributed by atoms with Crippen molar-refractivity contribution in [3.63, 3.8) is 0 Å². The van der Waals surface area contributed by atoms with E-state index in [0.717, 1.165) is 0 Å². The fourth-order valence-electron chi connectivity index (χ4n) is 0.775. The Hall–Kier alpha value is -0.540. The Morgan fingerprint density at radius 2 is 2.33 bits per heavy atom. The molecule has 0 saturated heterocycles. The van der Waals surface area contributed by atoms with Gasteiger partial charge in [0.25, 0.3) is 5.91 Å². The standard InChI is InChI=1S/C8H10ClNOS/c1-5(2)10-8(11)6-3-7(9)12-4-6/h3-5H,1-2H3,(H,10,11). The van der Waals surface area contributed by atoms with Crippen LogP contribution in [0, 0.1) is 0 Å². The zero-order valence-electron chi connectivity index (χ0n) is 6.93. The third-order valence-electron chi connectivity index (χ3n) is 1.25. The predicted octanol–water partition coefficient (Wildman–Crippen LogP) is 2.54. The van der Waals surface area contributed by atoms with Gasteiger partial charge in [-0.05, 0) is 19.9 Å². The SMILES string of the molecule is CC(C)NC(=O)c1csc(Cl)c1. The Morgan fingerprint density at radius 3 is 2.75 bits per heavy atom. The van der Waals surface area contributed by atoms with Gasteiger partial charge in [-0.1, -0.05) is 11.6 Å². The number of thiophene rings is 1. The van der Waals surface area contributed by atoms with E-state index < -0.39 is 0 Å². The Balaban J connectivity index is 2.65. The average Bonchev–Trinajstić information content (AvgIpc) is 2.34. The molecule has 0 aliphatic carbocycles. The van der Waals surface area contributed by atoms with Crippen molar-refractivity contribution in [2.45, 2.75) is 19.9 Å². The Bertz CT molecular complexity index is 282. The van der Waals surface area contributed by atoms with Crippen LogP contribution in [-0.4, -0.2) is 11.9 Å². The van der Waals surface area contributed by atoms with E-state index in [2.05, 4.69) is 5.32 Å². The first kappa shape index (κ1) is 9.55. The van der Waals surface area contributed by atoms with Crippen LogP contribution < -0.4 is 5.32 Å². The fourth-order valence-corrected chi connectivity index (χ4v) is 1.64. The first-order valence-electron chi connectivity index (χ1n) is 3.64. The van der Waals surface area contributed by atoms with Gasteiger partial charge < -0.3 is 5.32 Å². The topological polar surface area (TPSA) is 29.1 Å². The minimum atomic E-state index is -0.0619. The molecule has 0 fully saturated rings. The molecular formula is C8H10ClNOS. The third-order valence-corrected chi connectivity index (χ3v) is 2.34. The molecule has 0 spiro atoms. The van der Waals surface area contributed by atoms with E-state index in [-0.39, 0.29) is 11.9 Å². The average molecular weight is 204 g/mol. The van der Waals surface area contributed by atoms with Crippen LogP contribution in [0.2, 0.25) is 4.34 Å². The van der Waals surface area contributed by atoms with Gasteiger partial charge in [0.1, 0.15) is 0 Å². The lowest BCUT2D eigenvalue weighted by molar-refractivity contribution is 0.0943.